The van der Waals surface area contributed by atoms with Crippen molar-refractivity contribution in [2.24, 2.45) is 0 Å². The number of H-pyrrole nitrogens is 1. The molecule has 0 fully saturated rings. The van der Waals surface area contributed by atoms with Gasteiger partial charge < -0.3 is 24.9 Å². The van der Waals surface area contributed by atoms with Crippen LogP contribution in [0.3, 0.4) is 0 Å². The number of aromatic nitrogens is 1. The molecule has 1 amide bonds. The molecule has 9 heteroatoms. The average molecular weight is 438 g/mol. The molecule has 3 N–H and O–H groups in total. The van der Waals surface area contributed by atoms with E-state index in [2.05, 4.69) is 10.3 Å². The van der Waals surface area contributed by atoms with Crippen LogP contribution in [-0.4, -0.2) is 46.1 Å². The van der Waals surface area contributed by atoms with Crippen LogP contribution in [0.5, 0.6) is 0 Å². The molecule has 0 bridgehead atoms. The normalized spacial score (nSPS) is 12.5. The van der Waals surface area contributed by atoms with E-state index in [1.54, 1.807) is 36.5 Å². The third-order valence-corrected chi connectivity index (χ3v) is 4.74. The minimum atomic E-state index is -1.91. The van der Waals surface area contributed by atoms with Gasteiger partial charge in [-0.05, 0) is 24.1 Å². The minimum absolute atomic E-state index is 0.0740. The number of carboxylic acids is 1. The predicted molar refractivity (Wildman–Crippen MR) is 114 cm³/mol. The highest BCUT2D eigenvalue weighted by Gasteiger charge is 2.37. The van der Waals surface area contributed by atoms with E-state index in [1.165, 1.54) is 0 Å². The molecule has 1 unspecified atom stereocenters. The molecule has 2 aromatic carbocycles. The summed E-state index contributed by atoms with van der Waals surface area (Å²) in [4.78, 5) is 51.3. The van der Waals surface area contributed by atoms with Crippen LogP contribution in [0.1, 0.15) is 18.1 Å². The number of carbonyl (C=O) groups excluding carboxylic acids is 3. The van der Waals surface area contributed by atoms with Crippen LogP contribution < -0.4 is 5.32 Å². The van der Waals surface area contributed by atoms with Crippen LogP contribution in [-0.2, 0) is 36.9 Å². The first-order chi connectivity index (χ1) is 15.3. The SMILES string of the molecule is CC(=O)C(NC(=O)OCc1ccccc1)[C@H](OC(=O)Cc1c[nH]c2ccccc12)C(=O)O. The maximum absolute atomic E-state index is 12.4. The van der Waals surface area contributed by atoms with E-state index in [0.29, 0.717) is 11.1 Å². The van der Waals surface area contributed by atoms with E-state index >= 15 is 0 Å². The fraction of sp³-hybridized carbons (Fsp3) is 0.217. The van der Waals surface area contributed by atoms with Crippen molar-refractivity contribution in [2.75, 3.05) is 0 Å². The third-order valence-electron chi connectivity index (χ3n) is 4.74. The Labute approximate surface area is 183 Å². The number of alkyl carbamates (subject to hydrolysis) is 1. The number of aromatic amines is 1. The predicted octanol–water partition coefficient (Wildman–Crippen LogP) is 2.59. The van der Waals surface area contributed by atoms with Crippen LogP contribution in [0.4, 0.5) is 4.79 Å². The topological polar surface area (TPSA) is 135 Å². The Bertz CT molecular complexity index is 1120. The van der Waals surface area contributed by atoms with Gasteiger partial charge in [0.25, 0.3) is 0 Å². The highest BCUT2D eigenvalue weighted by molar-refractivity contribution is 5.93. The summed E-state index contributed by atoms with van der Waals surface area (Å²) in [6.45, 7) is 1.01. The van der Waals surface area contributed by atoms with Crippen molar-refractivity contribution in [3.05, 3.63) is 71.9 Å². The van der Waals surface area contributed by atoms with Gasteiger partial charge in [0.05, 0.1) is 6.42 Å². The van der Waals surface area contributed by atoms with Crippen LogP contribution in [0.2, 0.25) is 0 Å². The smallest absolute Gasteiger partial charge is 0.408 e. The van der Waals surface area contributed by atoms with Crippen molar-refractivity contribution in [1.82, 2.24) is 10.3 Å². The number of carboxylic acid groups (broad SMARTS) is 1. The highest BCUT2D eigenvalue weighted by Crippen LogP contribution is 2.19. The molecule has 0 radical (unpaired) electrons. The van der Waals surface area contributed by atoms with Crippen molar-refractivity contribution in [3.8, 4) is 0 Å². The summed E-state index contributed by atoms with van der Waals surface area (Å²) < 4.78 is 10.1. The zero-order valence-electron chi connectivity index (χ0n) is 17.2. The first-order valence-corrected chi connectivity index (χ1v) is 9.80. The number of fused-ring (bicyclic) bond motifs is 1. The van der Waals surface area contributed by atoms with Gasteiger partial charge in [-0.15, -0.1) is 0 Å². The Morgan fingerprint density at radius 3 is 2.41 bits per heavy atom. The van der Waals surface area contributed by atoms with Crippen molar-refractivity contribution in [2.45, 2.75) is 32.1 Å². The summed E-state index contributed by atoms with van der Waals surface area (Å²) >= 11 is 0. The zero-order chi connectivity index (χ0) is 23.1. The Balaban J connectivity index is 1.65. The molecule has 9 nitrogen and oxygen atoms in total. The number of ether oxygens (including phenoxy) is 2. The summed E-state index contributed by atoms with van der Waals surface area (Å²) in [6, 6.07) is 14.5. The maximum Gasteiger partial charge on any atom is 0.408 e. The van der Waals surface area contributed by atoms with E-state index in [1.807, 2.05) is 24.3 Å². The van der Waals surface area contributed by atoms with Gasteiger partial charge in [0.1, 0.15) is 12.6 Å². The molecule has 0 aliphatic rings. The van der Waals surface area contributed by atoms with Crippen LogP contribution in [0, 0.1) is 0 Å². The minimum Gasteiger partial charge on any atom is -0.478 e. The standard InChI is InChI=1S/C23H22N2O7/c1-14(26)20(25-23(30)31-13-15-7-3-2-4-8-15)21(22(28)29)32-19(27)11-16-12-24-18-10-6-5-9-17(16)18/h2-10,12,20-21,24H,11,13H2,1H3,(H,25,30)(H,28,29)/t20?,21-/m0/s1. The lowest BCUT2D eigenvalue weighted by atomic mass is 10.1. The summed E-state index contributed by atoms with van der Waals surface area (Å²) in [6.07, 6.45) is -1.50. The van der Waals surface area contributed by atoms with Crippen molar-refractivity contribution >= 4 is 34.7 Å². The Morgan fingerprint density at radius 2 is 1.72 bits per heavy atom. The molecular weight excluding hydrogens is 416 g/mol. The van der Waals surface area contributed by atoms with Gasteiger partial charge in [-0.25, -0.2) is 9.59 Å². The number of ketones is 1. The second kappa shape index (κ2) is 10.3. The molecule has 3 aromatic rings. The number of carbonyl (C=O) groups is 4. The summed E-state index contributed by atoms with van der Waals surface area (Å²) in [5.41, 5.74) is 2.14. The lowest BCUT2D eigenvalue weighted by Gasteiger charge is -2.22. The van der Waals surface area contributed by atoms with Crippen LogP contribution in [0.25, 0.3) is 10.9 Å². The molecule has 0 saturated carbocycles. The first kappa shape index (κ1) is 22.5. The number of para-hydroxylation sites is 1. The highest BCUT2D eigenvalue weighted by atomic mass is 16.6. The number of nitrogens with one attached hydrogen (secondary N) is 2. The Morgan fingerprint density at radius 1 is 1.03 bits per heavy atom. The molecule has 0 spiro atoms. The maximum atomic E-state index is 12.4. The molecule has 3 rings (SSSR count). The second-order valence-electron chi connectivity index (χ2n) is 7.08. The number of esters is 1. The number of amides is 1. The van der Waals surface area contributed by atoms with E-state index < -0.39 is 36.0 Å². The quantitative estimate of drug-likeness (QED) is 0.437. The lowest BCUT2D eigenvalue weighted by Crippen LogP contribution is -2.53. The molecule has 32 heavy (non-hydrogen) atoms. The van der Waals surface area contributed by atoms with Gasteiger partial charge in [0.2, 0.25) is 6.10 Å². The monoisotopic (exact) mass is 438 g/mol. The largest absolute Gasteiger partial charge is 0.478 e. The molecule has 166 valence electrons. The van der Waals surface area contributed by atoms with Gasteiger partial charge >= 0.3 is 18.0 Å². The lowest BCUT2D eigenvalue weighted by molar-refractivity contribution is -0.166. The van der Waals surface area contributed by atoms with E-state index in [9.17, 15) is 24.3 Å². The number of benzene rings is 2. The van der Waals surface area contributed by atoms with E-state index in [0.717, 1.165) is 17.8 Å². The molecule has 0 aliphatic carbocycles. The average Bonchev–Trinajstić information content (AvgIpc) is 3.18. The van der Waals surface area contributed by atoms with Crippen molar-refractivity contribution in [3.63, 3.8) is 0 Å². The Hall–Kier alpha value is -4.14. The summed E-state index contributed by atoms with van der Waals surface area (Å²) in [7, 11) is 0. The fourth-order valence-corrected chi connectivity index (χ4v) is 3.16. The molecule has 2 atom stereocenters. The summed E-state index contributed by atoms with van der Waals surface area (Å²) in [5.74, 6) is -3.12. The van der Waals surface area contributed by atoms with E-state index in [4.69, 9.17) is 9.47 Å². The molecular formula is C23H22N2O7. The number of Topliss-reactive ketones (excluding diaryl/α,β-unsaturated/α-hetero) is 1. The van der Waals surface area contributed by atoms with Crippen molar-refractivity contribution < 1.29 is 33.8 Å². The van der Waals surface area contributed by atoms with Gasteiger partial charge in [0.15, 0.2) is 5.78 Å². The molecule has 0 aliphatic heterocycles. The Kier molecular flexibility index (Phi) is 7.22. The van der Waals surface area contributed by atoms with Gasteiger partial charge in [-0.2, -0.15) is 0 Å². The number of rotatable bonds is 9. The summed E-state index contributed by atoms with van der Waals surface area (Å²) in [5, 5.41) is 12.5. The van der Waals surface area contributed by atoms with Gasteiger partial charge in [0, 0.05) is 17.1 Å². The number of aliphatic carboxylic acids is 1. The van der Waals surface area contributed by atoms with Crippen LogP contribution >= 0.6 is 0 Å². The van der Waals surface area contributed by atoms with Crippen LogP contribution in [0.15, 0.2) is 60.8 Å². The molecule has 1 aromatic heterocycles. The third kappa shape index (κ3) is 5.72. The second-order valence-corrected chi connectivity index (χ2v) is 7.08. The van der Waals surface area contributed by atoms with E-state index in [-0.39, 0.29) is 13.0 Å². The molecule has 1 heterocycles. The van der Waals surface area contributed by atoms with Crippen molar-refractivity contribution in [1.29, 1.82) is 0 Å². The number of hydrogen-bond acceptors (Lipinski definition) is 6. The number of hydrogen-bond donors (Lipinski definition) is 3. The first-order valence-electron chi connectivity index (χ1n) is 9.80. The zero-order valence-corrected chi connectivity index (χ0v) is 17.2. The molecule has 0 saturated heterocycles. The van der Waals surface area contributed by atoms with Gasteiger partial charge in [-0.3, -0.25) is 9.59 Å². The van der Waals surface area contributed by atoms with Gasteiger partial charge in [-0.1, -0.05) is 48.5 Å². The fourth-order valence-electron chi connectivity index (χ4n) is 3.16.